The summed E-state index contributed by atoms with van der Waals surface area (Å²) in [5.74, 6) is -0.522. The zero-order chi connectivity index (χ0) is 18.9. The number of benzene rings is 2. The first-order valence-electron chi connectivity index (χ1n) is 8.66. The van der Waals surface area contributed by atoms with E-state index in [0.717, 1.165) is 19.3 Å². The van der Waals surface area contributed by atoms with Crippen LogP contribution in [0.1, 0.15) is 35.2 Å². The number of hydrogen-bond donors (Lipinski definition) is 2. The predicted octanol–water partition coefficient (Wildman–Crippen LogP) is 3.91. The second-order valence-electron chi connectivity index (χ2n) is 6.25. The molecule has 0 saturated heterocycles. The van der Waals surface area contributed by atoms with Gasteiger partial charge in [-0.05, 0) is 43.5 Å². The smallest absolute Gasteiger partial charge is 0.176 e. The summed E-state index contributed by atoms with van der Waals surface area (Å²) in [6.07, 6.45) is 2.41. The number of nitrogen functional groups attached to an aromatic ring is 1. The number of aliphatic hydroxyl groups excluding tert-OH is 1. The zero-order valence-electron chi connectivity index (χ0n) is 14.6. The van der Waals surface area contributed by atoms with E-state index in [1.54, 1.807) is 12.1 Å². The molecule has 6 heteroatoms. The molecule has 26 heavy (non-hydrogen) atoms. The third-order valence-electron chi connectivity index (χ3n) is 4.17. The number of Topliss-reactive ketones (excluding diaryl/α,β-unsaturated/α-hetero) is 1. The van der Waals surface area contributed by atoms with Crippen LogP contribution in [0.15, 0.2) is 42.5 Å². The van der Waals surface area contributed by atoms with Crippen molar-refractivity contribution in [1.82, 2.24) is 4.90 Å². The average Bonchev–Trinajstić information content (AvgIpc) is 2.63. The van der Waals surface area contributed by atoms with Gasteiger partial charge in [0.2, 0.25) is 0 Å². The molecule has 0 heterocycles. The van der Waals surface area contributed by atoms with Crippen molar-refractivity contribution < 1.29 is 14.3 Å². The molecule has 0 saturated carbocycles. The van der Waals surface area contributed by atoms with Crippen molar-refractivity contribution in [2.75, 3.05) is 25.4 Å². The number of nitrogens with two attached hydrogens (primary N) is 1. The summed E-state index contributed by atoms with van der Waals surface area (Å²) in [4.78, 5) is 14.5. The fourth-order valence-electron chi connectivity index (χ4n) is 2.74. The van der Waals surface area contributed by atoms with Crippen LogP contribution in [0, 0.1) is 5.82 Å². The summed E-state index contributed by atoms with van der Waals surface area (Å²) in [5, 5.41) is 8.90. The number of anilines is 1. The lowest BCUT2D eigenvalue weighted by molar-refractivity contribution is 0.0923. The van der Waals surface area contributed by atoms with E-state index in [-0.39, 0.29) is 24.0 Å². The van der Waals surface area contributed by atoms with Gasteiger partial charge in [0.15, 0.2) is 5.78 Å². The molecule has 0 radical (unpaired) electrons. The molecule has 140 valence electrons. The standard InChI is InChI=1S/C20H24ClFN2O2/c21-17-12-19(23)16(11-18(17)22)13-24(9-5-2-6-10-25)14-20(26)15-7-3-1-4-8-15/h1,3-4,7-8,11-12,25H,2,5-6,9-10,13-14,23H2. The molecule has 2 aromatic rings. The van der Waals surface area contributed by atoms with Crippen molar-refractivity contribution in [3.05, 3.63) is 64.4 Å². The number of carbonyl (C=O) groups excluding carboxylic acids is 1. The fraction of sp³-hybridized carbons (Fsp3) is 0.350. The summed E-state index contributed by atoms with van der Waals surface area (Å²) < 4.78 is 13.8. The van der Waals surface area contributed by atoms with Crippen LogP contribution in [0.25, 0.3) is 0 Å². The Morgan fingerprint density at radius 2 is 1.88 bits per heavy atom. The van der Waals surface area contributed by atoms with Gasteiger partial charge in [0.25, 0.3) is 0 Å². The van der Waals surface area contributed by atoms with E-state index < -0.39 is 5.82 Å². The molecule has 2 aromatic carbocycles. The van der Waals surface area contributed by atoms with Crippen molar-refractivity contribution in [2.45, 2.75) is 25.8 Å². The van der Waals surface area contributed by atoms with Gasteiger partial charge in [-0.3, -0.25) is 9.69 Å². The van der Waals surface area contributed by atoms with Crippen LogP contribution in [-0.4, -0.2) is 35.5 Å². The molecule has 0 unspecified atom stereocenters. The van der Waals surface area contributed by atoms with E-state index in [4.69, 9.17) is 22.4 Å². The second-order valence-corrected chi connectivity index (χ2v) is 6.66. The van der Waals surface area contributed by atoms with Crippen LogP contribution in [0.4, 0.5) is 10.1 Å². The van der Waals surface area contributed by atoms with Crippen molar-refractivity contribution in [3.63, 3.8) is 0 Å². The van der Waals surface area contributed by atoms with Crippen LogP contribution in [0.2, 0.25) is 5.02 Å². The van der Waals surface area contributed by atoms with Crippen LogP contribution < -0.4 is 5.73 Å². The second kappa shape index (κ2) is 10.3. The highest BCUT2D eigenvalue weighted by molar-refractivity contribution is 6.31. The molecule has 0 aliphatic carbocycles. The third-order valence-corrected chi connectivity index (χ3v) is 4.46. The molecule has 3 N–H and O–H groups in total. The van der Waals surface area contributed by atoms with Gasteiger partial charge in [0.1, 0.15) is 5.82 Å². The number of ketones is 1. The first-order valence-corrected chi connectivity index (χ1v) is 9.04. The first-order chi connectivity index (χ1) is 12.5. The lowest BCUT2D eigenvalue weighted by Crippen LogP contribution is -2.31. The number of aliphatic hydroxyl groups is 1. The van der Waals surface area contributed by atoms with E-state index in [9.17, 15) is 9.18 Å². The van der Waals surface area contributed by atoms with Crippen LogP contribution >= 0.6 is 11.6 Å². The molecular formula is C20H24ClFN2O2. The number of unbranched alkanes of at least 4 members (excludes halogenated alkanes) is 2. The number of carbonyl (C=O) groups is 1. The van der Waals surface area contributed by atoms with Crippen molar-refractivity contribution in [1.29, 1.82) is 0 Å². The predicted molar refractivity (Wildman–Crippen MR) is 103 cm³/mol. The summed E-state index contributed by atoms with van der Waals surface area (Å²) >= 11 is 5.76. The van der Waals surface area contributed by atoms with Gasteiger partial charge >= 0.3 is 0 Å². The average molecular weight is 379 g/mol. The molecule has 4 nitrogen and oxygen atoms in total. The molecule has 0 aromatic heterocycles. The van der Waals surface area contributed by atoms with Gasteiger partial charge in [0, 0.05) is 24.4 Å². The molecule has 2 rings (SSSR count). The summed E-state index contributed by atoms with van der Waals surface area (Å²) in [6, 6.07) is 11.8. The van der Waals surface area contributed by atoms with Crippen molar-refractivity contribution >= 4 is 23.1 Å². The highest BCUT2D eigenvalue weighted by Crippen LogP contribution is 2.23. The largest absolute Gasteiger partial charge is 0.398 e. The number of nitrogens with zero attached hydrogens (tertiary/aromatic N) is 1. The fourth-order valence-corrected chi connectivity index (χ4v) is 2.91. The molecule has 0 aliphatic heterocycles. The van der Waals surface area contributed by atoms with Gasteiger partial charge in [-0.1, -0.05) is 41.9 Å². The Morgan fingerprint density at radius 1 is 1.15 bits per heavy atom. The Labute approximate surface area is 158 Å². The normalized spacial score (nSPS) is 11.1. The van der Waals surface area contributed by atoms with Crippen molar-refractivity contribution in [2.24, 2.45) is 0 Å². The highest BCUT2D eigenvalue weighted by Gasteiger charge is 2.15. The van der Waals surface area contributed by atoms with Crippen LogP contribution in [-0.2, 0) is 6.54 Å². The van der Waals surface area contributed by atoms with Crippen molar-refractivity contribution in [3.8, 4) is 0 Å². The van der Waals surface area contributed by atoms with E-state index in [1.165, 1.54) is 12.1 Å². The first kappa shape index (κ1) is 20.4. The Morgan fingerprint density at radius 3 is 2.58 bits per heavy atom. The quantitative estimate of drug-likeness (QED) is 0.373. The van der Waals surface area contributed by atoms with E-state index in [2.05, 4.69) is 0 Å². The SMILES string of the molecule is Nc1cc(Cl)c(F)cc1CN(CCCCCO)CC(=O)c1ccccc1. The van der Waals surface area contributed by atoms with Gasteiger partial charge < -0.3 is 10.8 Å². The number of rotatable bonds is 10. The summed E-state index contributed by atoms with van der Waals surface area (Å²) in [5.41, 5.74) is 7.62. The van der Waals surface area contributed by atoms with E-state index >= 15 is 0 Å². The minimum absolute atomic E-state index is 0.000708. The highest BCUT2D eigenvalue weighted by atomic mass is 35.5. The summed E-state index contributed by atoms with van der Waals surface area (Å²) in [7, 11) is 0. The van der Waals surface area contributed by atoms with Gasteiger partial charge in [0.05, 0.1) is 11.6 Å². The van der Waals surface area contributed by atoms with Crippen LogP contribution in [0.3, 0.4) is 0 Å². The maximum absolute atomic E-state index is 13.8. The Kier molecular flexibility index (Phi) is 8.04. The monoisotopic (exact) mass is 378 g/mol. The Bertz CT molecular complexity index is 725. The molecule has 0 bridgehead atoms. The Hall–Kier alpha value is -1.95. The van der Waals surface area contributed by atoms with Gasteiger partial charge in [-0.25, -0.2) is 4.39 Å². The minimum atomic E-state index is -0.523. The minimum Gasteiger partial charge on any atom is -0.398 e. The maximum atomic E-state index is 13.8. The van der Waals surface area contributed by atoms with Gasteiger partial charge in [-0.15, -0.1) is 0 Å². The third kappa shape index (κ3) is 6.09. The summed E-state index contributed by atoms with van der Waals surface area (Å²) in [6.45, 7) is 1.38. The van der Waals surface area contributed by atoms with Gasteiger partial charge in [-0.2, -0.15) is 0 Å². The lowest BCUT2D eigenvalue weighted by atomic mass is 10.1. The molecular weight excluding hydrogens is 355 g/mol. The molecule has 0 atom stereocenters. The molecule has 0 spiro atoms. The Balaban J connectivity index is 2.10. The van der Waals surface area contributed by atoms with E-state index in [1.807, 2.05) is 23.1 Å². The zero-order valence-corrected chi connectivity index (χ0v) is 15.4. The lowest BCUT2D eigenvalue weighted by Gasteiger charge is -2.23. The molecule has 0 amide bonds. The maximum Gasteiger partial charge on any atom is 0.176 e. The number of halogens is 2. The molecule has 0 fully saturated rings. The molecule has 0 aliphatic rings. The topological polar surface area (TPSA) is 66.6 Å². The van der Waals surface area contributed by atoms with Crippen LogP contribution in [0.5, 0.6) is 0 Å². The number of hydrogen-bond acceptors (Lipinski definition) is 4. The van der Waals surface area contributed by atoms with E-state index in [0.29, 0.717) is 29.9 Å².